The Morgan fingerprint density at radius 2 is 1.52 bits per heavy atom. The molecule has 0 spiro atoms. The van der Waals surface area contributed by atoms with Crippen molar-refractivity contribution in [1.82, 2.24) is 0 Å². The Bertz CT molecular complexity index is 867. The lowest BCUT2D eigenvalue weighted by molar-refractivity contribution is -0.0363. The Hall–Kier alpha value is -0.409. The molecule has 3 unspecified atom stereocenters. The molecule has 0 saturated heterocycles. The fraction of sp³-hybridized carbons (Fsp3) is 0.778. The van der Waals surface area contributed by atoms with Gasteiger partial charge in [0.15, 0.2) is 16.6 Å². The van der Waals surface area contributed by atoms with Crippen LogP contribution in [-0.2, 0) is 15.3 Å². The molecule has 186 valence electrons. The molecule has 3 aliphatic rings. The molecule has 2 fully saturated rings. The first-order valence-corrected chi connectivity index (χ1v) is 23.5. The summed E-state index contributed by atoms with van der Waals surface area (Å²) in [5.74, 6) is 3.22. The lowest BCUT2D eigenvalue weighted by Crippen LogP contribution is -2.50. The molecule has 6 atom stereocenters. The van der Waals surface area contributed by atoms with Crippen LogP contribution < -0.4 is 4.43 Å². The van der Waals surface area contributed by atoms with Crippen LogP contribution in [0.5, 0.6) is 5.75 Å². The molecule has 2 saturated carbocycles. The summed E-state index contributed by atoms with van der Waals surface area (Å²) in [5.41, 5.74) is 3.39. The molecular weight excluding hydrogens is 457 g/mol. The molecule has 4 rings (SSSR count). The second-order valence-electron chi connectivity index (χ2n) is 14.2. The summed E-state index contributed by atoms with van der Waals surface area (Å²) < 4.78 is 20.1. The number of benzene rings is 1. The Kier molecular flexibility index (Phi) is 6.70. The van der Waals surface area contributed by atoms with Crippen molar-refractivity contribution in [2.24, 2.45) is 17.3 Å². The third kappa shape index (κ3) is 5.55. The summed E-state index contributed by atoms with van der Waals surface area (Å²) in [5, 5.41) is 0. The molecule has 0 N–H and O–H groups in total. The normalized spacial score (nSPS) is 34.4. The van der Waals surface area contributed by atoms with Crippen molar-refractivity contribution >= 4 is 25.0 Å². The minimum Gasteiger partial charge on any atom is -0.544 e. The van der Waals surface area contributed by atoms with Crippen LogP contribution in [0, 0.1) is 17.3 Å². The van der Waals surface area contributed by atoms with E-state index in [1.807, 2.05) is 0 Å². The smallest absolute Gasteiger partial charge is 0.242 e. The van der Waals surface area contributed by atoms with Gasteiger partial charge in [-0.15, -0.1) is 0 Å². The van der Waals surface area contributed by atoms with Gasteiger partial charge in [-0.05, 0) is 137 Å². The molecule has 1 aromatic rings. The van der Waals surface area contributed by atoms with Crippen molar-refractivity contribution in [1.29, 1.82) is 0 Å². The van der Waals surface area contributed by atoms with Gasteiger partial charge in [0.1, 0.15) is 5.75 Å². The van der Waals surface area contributed by atoms with E-state index < -0.39 is 25.0 Å². The maximum atomic E-state index is 6.96. The quantitative estimate of drug-likeness (QED) is 0.370. The van der Waals surface area contributed by atoms with Gasteiger partial charge in [0.05, 0.1) is 12.2 Å². The van der Waals surface area contributed by atoms with Gasteiger partial charge in [-0.1, -0.05) is 13.0 Å². The minimum atomic E-state index is -1.67. The van der Waals surface area contributed by atoms with Crippen LogP contribution in [-0.4, -0.2) is 37.2 Å². The summed E-state index contributed by atoms with van der Waals surface area (Å²) >= 11 is 0. The van der Waals surface area contributed by atoms with Crippen LogP contribution in [0.15, 0.2) is 18.2 Å². The van der Waals surface area contributed by atoms with Gasteiger partial charge in [-0.25, -0.2) is 0 Å². The monoisotopic (exact) mass is 504 g/mol. The van der Waals surface area contributed by atoms with E-state index in [0.717, 1.165) is 11.7 Å². The molecule has 0 heterocycles. The maximum absolute atomic E-state index is 6.96. The average molecular weight is 505 g/mol. The van der Waals surface area contributed by atoms with E-state index in [9.17, 15) is 0 Å². The second-order valence-corrected chi connectivity index (χ2v) is 27.5. The van der Waals surface area contributed by atoms with E-state index in [1.54, 1.807) is 11.1 Å². The van der Waals surface area contributed by atoms with E-state index >= 15 is 0 Å². The predicted molar refractivity (Wildman–Crippen MR) is 147 cm³/mol. The zero-order valence-corrected chi connectivity index (χ0v) is 25.9. The van der Waals surface area contributed by atoms with Gasteiger partial charge in [0, 0.05) is 0 Å². The van der Waals surface area contributed by atoms with Crippen molar-refractivity contribution in [3.8, 4) is 5.75 Å². The molecule has 0 aliphatic heterocycles. The summed E-state index contributed by atoms with van der Waals surface area (Å²) in [4.78, 5) is 0. The molecule has 0 bridgehead atoms. The fourth-order valence-corrected chi connectivity index (χ4v) is 10.2. The lowest BCUT2D eigenvalue weighted by Gasteiger charge is -2.51. The third-order valence-corrected chi connectivity index (χ3v) is 10.8. The number of rotatable bonds is 6. The summed E-state index contributed by atoms with van der Waals surface area (Å²) in [6.45, 7) is 23.4. The molecule has 3 nitrogen and oxygen atoms in total. The largest absolute Gasteiger partial charge is 0.544 e. The van der Waals surface area contributed by atoms with Gasteiger partial charge in [-0.3, -0.25) is 0 Å². The first-order valence-electron chi connectivity index (χ1n) is 13.2. The van der Waals surface area contributed by atoms with Crippen molar-refractivity contribution in [2.75, 3.05) is 0 Å². The highest BCUT2D eigenvalue weighted by atomic mass is 28.4. The van der Waals surface area contributed by atoms with Crippen LogP contribution in [0.3, 0.4) is 0 Å². The van der Waals surface area contributed by atoms with E-state index in [1.165, 1.54) is 32.1 Å². The van der Waals surface area contributed by atoms with Crippen LogP contribution in [0.4, 0.5) is 0 Å². The van der Waals surface area contributed by atoms with Gasteiger partial charge in [0.2, 0.25) is 8.32 Å². The third-order valence-electron chi connectivity index (χ3n) is 8.02. The Morgan fingerprint density at radius 3 is 2.12 bits per heavy atom. The van der Waals surface area contributed by atoms with Crippen molar-refractivity contribution in [3.63, 3.8) is 0 Å². The SMILES string of the molecule is C[C@]12CCC3c4ccc(O[Si](C)(C)C)cc4CCC3C1C[C@@H](O[Si](C)(C)C)[C@@H]2O[Si](C)(C)C. The van der Waals surface area contributed by atoms with Crippen LogP contribution >= 0.6 is 0 Å². The number of aryl methyl sites for hydroxylation is 1. The topological polar surface area (TPSA) is 27.7 Å². The summed E-state index contributed by atoms with van der Waals surface area (Å²) in [7, 11) is -4.89. The Balaban J connectivity index is 1.62. The van der Waals surface area contributed by atoms with E-state index in [-0.39, 0.29) is 17.6 Å². The number of hydrogen-bond acceptors (Lipinski definition) is 3. The van der Waals surface area contributed by atoms with Gasteiger partial charge in [-0.2, -0.15) is 0 Å². The van der Waals surface area contributed by atoms with Crippen molar-refractivity contribution < 1.29 is 13.3 Å². The number of fused-ring (bicyclic) bond motifs is 5. The molecular formula is C27H48O3Si3. The summed E-state index contributed by atoms with van der Waals surface area (Å²) in [6.07, 6.45) is 6.74. The highest BCUT2D eigenvalue weighted by molar-refractivity contribution is 6.70. The zero-order valence-electron chi connectivity index (χ0n) is 22.9. The van der Waals surface area contributed by atoms with Crippen molar-refractivity contribution in [3.05, 3.63) is 29.3 Å². The van der Waals surface area contributed by atoms with E-state index in [4.69, 9.17) is 13.3 Å². The Labute approximate surface area is 206 Å². The fourth-order valence-electron chi connectivity index (χ4n) is 7.07. The maximum Gasteiger partial charge on any atom is 0.242 e. The molecule has 0 radical (unpaired) electrons. The Morgan fingerprint density at radius 1 is 0.848 bits per heavy atom. The highest BCUT2D eigenvalue weighted by Gasteiger charge is 2.60. The standard InChI is InChI=1S/C27H48O3Si3/c1-27-16-15-22-21-14-12-20(28-31(2,3)4)17-19(21)11-13-23(22)24(27)18-25(29-32(5,6)7)26(27)30-33(8,9)10/h12,14,17,22-26H,11,13,15-16,18H2,1-10H3/t22?,23?,24?,25-,26+,27+/m1/s1. The zero-order chi connectivity index (χ0) is 24.4. The van der Waals surface area contributed by atoms with Gasteiger partial charge >= 0.3 is 0 Å². The highest BCUT2D eigenvalue weighted by Crippen LogP contribution is 2.62. The first kappa shape index (κ1) is 25.7. The lowest BCUT2D eigenvalue weighted by atomic mass is 9.55. The average Bonchev–Trinajstić information content (AvgIpc) is 2.89. The van der Waals surface area contributed by atoms with E-state index in [0.29, 0.717) is 11.8 Å². The molecule has 3 aliphatic carbocycles. The van der Waals surface area contributed by atoms with Crippen LogP contribution in [0.1, 0.15) is 49.7 Å². The molecule has 0 amide bonds. The van der Waals surface area contributed by atoms with Gasteiger partial charge in [0.25, 0.3) is 0 Å². The van der Waals surface area contributed by atoms with Crippen LogP contribution in [0.25, 0.3) is 0 Å². The predicted octanol–water partition coefficient (Wildman–Crippen LogP) is 7.81. The van der Waals surface area contributed by atoms with Crippen LogP contribution in [0.2, 0.25) is 58.9 Å². The summed E-state index contributed by atoms with van der Waals surface area (Å²) in [6, 6.07) is 7.02. The molecule has 6 heteroatoms. The first-order chi connectivity index (χ1) is 15.1. The second kappa shape index (κ2) is 8.61. The van der Waals surface area contributed by atoms with E-state index in [2.05, 4.69) is 84.0 Å². The van der Waals surface area contributed by atoms with Gasteiger partial charge < -0.3 is 13.3 Å². The minimum absolute atomic E-state index is 0.240. The number of hydrogen-bond donors (Lipinski definition) is 0. The molecule has 33 heavy (non-hydrogen) atoms. The molecule has 0 aromatic heterocycles. The molecule has 1 aromatic carbocycles. The van der Waals surface area contributed by atoms with Crippen molar-refractivity contribution in [2.45, 2.75) is 116 Å².